The van der Waals surface area contributed by atoms with Gasteiger partial charge < -0.3 is 10.4 Å². The molecule has 0 fully saturated rings. The molecule has 20 heavy (non-hydrogen) atoms. The zero-order valence-corrected chi connectivity index (χ0v) is 11.5. The van der Waals surface area contributed by atoms with E-state index in [2.05, 4.69) is 5.32 Å². The van der Waals surface area contributed by atoms with Gasteiger partial charge in [-0.15, -0.1) is 0 Å². The summed E-state index contributed by atoms with van der Waals surface area (Å²) in [5.74, 6) is 0. The van der Waals surface area contributed by atoms with Gasteiger partial charge in [-0.3, -0.25) is 0 Å². The van der Waals surface area contributed by atoms with Crippen LogP contribution in [0.25, 0.3) is 0 Å². The van der Waals surface area contributed by atoms with Gasteiger partial charge in [0, 0.05) is 19.6 Å². The third-order valence-corrected chi connectivity index (χ3v) is 5.00. The quantitative estimate of drug-likeness (QED) is 0.805. The van der Waals surface area contributed by atoms with Crippen molar-refractivity contribution in [1.29, 1.82) is 0 Å². The van der Waals surface area contributed by atoms with Crippen LogP contribution in [0.15, 0.2) is 23.1 Å². The minimum atomic E-state index is -4.01. The number of sulfonamides is 1. The van der Waals surface area contributed by atoms with E-state index >= 15 is 0 Å². The third-order valence-electron chi connectivity index (χ3n) is 3.14. The lowest BCUT2D eigenvalue weighted by molar-refractivity contribution is 0.113. The number of hydrogen-bond acceptors (Lipinski definition) is 4. The van der Waals surface area contributed by atoms with Crippen LogP contribution in [0, 0.1) is 0 Å². The molecule has 2 N–H and O–H groups in total. The fourth-order valence-corrected chi connectivity index (χ4v) is 3.62. The van der Waals surface area contributed by atoms with Crippen LogP contribution in [0.3, 0.4) is 0 Å². The predicted octanol–water partition coefficient (Wildman–Crippen LogP) is 0.538. The van der Waals surface area contributed by atoms with E-state index in [-0.39, 0.29) is 11.4 Å². The van der Waals surface area contributed by atoms with Crippen molar-refractivity contribution in [1.82, 2.24) is 9.62 Å². The van der Waals surface area contributed by atoms with Crippen LogP contribution in [0.5, 0.6) is 0 Å². The Morgan fingerprint density at radius 2 is 2.00 bits per heavy atom. The van der Waals surface area contributed by atoms with Crippen LogP contribution in [0.4, 0.5) is 8.78 Å². The molecule has 1 aliphatic heterocycles. The highest BCUT2D eigenvalue weighted by Gasteiger charge is 2.27. The first-order valence-electron chi connectivity index (χ1n) is 6.17. The summed E-state index contributed by atoms with van der Waals surface area (Å²) < 4.78 is 50.2. The first-order chi connectivity index (χ1) is 9.45. The normalized spacial score (nSPS) is 15.1. The molecule has 0 amide bonds. The summed E-state index contributed by atoms with van der Waals surface area (Å²) in [6, 6.07) is 4.60. The molecular weight excluding hydrogens is 290 g/mol. The van der Waals surface area contributed by atoms with Gasteiger partial charge in [0.2, 0.25) is 10.0 Å². The largest absolute Gasteiger partial charge is 0.395 e. The molecule has 0 atom stereocenters. The summed E-state index contributed by atoms with van der Waals surface area (Å²) in [7, 11) is -4.01. The maximum absolute atomic E-state index is 12.5. The third kappa shape index (κ3) is 3.14. The Morgan fingerprint density at radius 3 is 2.65 bits per heavy atom. The second kappa shape index (κ2) is 6.13. The SMILES string of the molecule is O=S(=O)(c1ccc2c(c1)CNC2)N(CCO)CC(F)F. The number of nitrogens with one attached hydrogen (secondary N) is 1. The van der Waals surface area contributed by atoms with Crippen molar-refractivity contribution in [3.63, 3.8) is 0 Å². The van der Waals surface area contributed by atoms with E-state index in [1.807, 2.05) is 0 Å². The number of nitrogens with zero attached hydrogens (tertiary/aromatic N) is 1. The van der Waals surface area contributed by atoms with E-state index in [4.69, 9.17) is 5.11 Å². The Hall–Kier alpha value is -1.09. The maximum Gasteiger partial charge on any atom is 0.252 e. The molecule has 5 nitrogen and oxygen atoms in total. The van der Waals surface area contributed by atoms with Gasteiger partial charge in [0.15, 0.2) is 0 Å². The lowest BCUT2D eigenvalue weighted by atomic mass is 10.1. The Labute approximate surface area is 116 Å². The molecule has 0 aliphatic carbocycles. The standard InChI is InChI=1S/C12H16F2N2O3S/c13-12(14)8-16(3-4-17)20(18,19)11-2-1-9-6-15-7-10(9)5-11/h1-2,5,12,15,17H,3-4,6-8H2. The first kappa shape index (κ1) is 15.3. The van der Waals surface area contributed by atoms with E-state index in [0.717, 1.165) is 11.1 Å². The molecule has 0 unspecified atom stereocenters. The lowest BCUT2D eigenvalue weighted by Crippen LogP contribution is -2.37. The summed E-state index contributed by atoms with van der Waals surface area (Å²) in [4.78, 5) is -0.0194. The molecule has 1 aromatic carbocycles. The van der Waals surface area contributed by atoms with Gasteiger partial charge >= 0.3 is 0 Å². The minimum Gasteiger partial charge on any atom is -0.395 e. The molecule has 1 heterocycles. The Kier molecular flexibility index (Phi) is 4.69. The van der Waals surface area contributed by atoms with Crippen LogP contribution in [-0.2, 0) is 23.1 Å². The number of fused-ring (bicyclic) bond motifs is 1. The van der Waals surface area contributed by atoms with E-state index in [0.29, 0.717) is 17.4 Å². The minimum absolute atomic E-state index is 0.0194. The van der Waals surface area contributed by atoms with Crippen LogP contribution in [-0.4, -0.2) is 44.0 Å². The van der Waals surface area contributed by atoms with Crippen molar-refractivity contribution >= 4 is 10.0 Å². The fraction of sp³-hybridized carbons (Fsp3) is 0.500. The molecule has 0 aromatic heterocycles. The van der Waals surface area contributed by atoms with Crippen molar-refractivity contribution in [2.45, 2.75) is 24.4 Å². The highest BCUT2D eigenvalue weighted by Crippen LogP contribution is 2.23. The highest BCUT2D eigenvalue weighted by molar-refractivity contribution is 7.89. The number of halogens is 2. The van der Waals surface area contributed by atoms with Gasteiger partial charge in [0.25, 0.3) is 6.43 Å². The average Bonchev–Trinajstić information content (AvgIpc) is 2.84. The Bertz CT molecular complexity index is 578. The number of rotatable bonds is 6. The average molecular weight is 306 g/mol. The van der Waals surface area contributed by atoms with E-state index in [1.165, 1.54) is 12.1 Å². The monoisotopic (exact) mass is 306 g/mol. The Morgan fingerprint density at radius 1 is 1.30 bits per heavy atom. The topological polar surface area (TPSA) is 69.6 Å². The number of benzene rings is 1. The van der Waals surface area contributed by atoms with E-state index in [1.54, 1.807) is 6.07 Å². The number of aliphatic hydroxyl groups is 1. The molecule has 112 valence electrons. The summed E-state index contributed by atoms with van der Waals surface area (Å²) in [6.45, 7) is -0.528. The molecular formula is C12H16F2N2O3S. The van der Waals surface area contributed by atoms with Crippen molar-refractivity contribution in [3.8, 4) is 0 Å². The smallest absolute Gasteiger partial charge is 0.252 e. The van der Waals surface area contributed by atoms with Gasteiger partial charge in [0.1, 0.15) is 0 Å². The molecule has 0 bridgehead atoms. The second-order valence-electron chi connectivity index (χ2n) is 4.51. The first-order valence-corrected chi connectivity index (χ1v) is 7.61. The predicted molar refractivity (Wildman–Crippen MR) is 68.8 cm³/mol. The van der Waals surface area contributed by atoms with Crippen molar-refractivity contribution in [2.24, 2.45) is 0 Å². The maximum atomic E-state index is 12.5. The molecule has 1 aromatic rings. The summed E-state index contributed by atoms with van der Waals surface area (Å²) in [6.07, 6.45) is -2.78. The second-order valence-corrected chi connectivity index (χ2v) is 6.45. The lowest BCUT2D eigenvalue weighted by Gasteiger charge is -2.21. The van der Waals surface area contributed by atoms with Crippen molar-refractivity contribution < 1.29 is 22.3 Å². The molecule has 1 aliphatic rings. The van der Waals surface area contributed by atoms with E-state index in [9.17, 15) is 17.2 Å². The molecule has 0 saturated heterocycles. The number of hydrogen-bond donors (Lipinski definition) is 2. The van der Waals surface area contributed by atoms with Gasteiger partial charge in [-0.1, -0.05) is 6.07 Å². The highest BCUT2D eigenvalue weighted by atomic mass is 32.2. The van der Waals surface area contributed by atoms with Gasteiger partial charge in [-0.05, 0) is 23.3 Å². The molecule has 2 rings (SSSR count). The molecule has 8 heteroatoms. The van der Waals surface area contributed by atoms with Gasteiger partial charge in [-0.25, -0.2) is 17.2 Å². The molecule has 0 spiro atoms. The van der Waals surface area contributed by atoms with Crippen LogP contribution in [0.1, 0.15) is 11.1 Å². The van der Waals surface area contributed by atoms with Crippen LogP contribution < -0.4 is 5.32 Å². The molecule has 0 radical (unpaired) electrons. The van der Waals surface area contributed by atoms with Gasteiger partial charge in [0.05, 0.1) is 18.0 Å². The summed E-state index contributed by atoms with van der Waals surface area (Å²) >= 11 is 0. The number of alkyl halides is 2. The zero-order chi connectivity index (χ0) is 14.8. The van der Waals surface area contributed by atoms with E-state index < -0.39 is 29.6 Å². The van der Waals surface area contributed by atoms with Crippen molar-refractivity contribution in [2.75, 3.05) is 19.7 Å². The molecule has 0 saturated carbocycles. The fourth-order valence-electron chi connectivity index (χ4n) is 2.16. The Balaban J connectivity index is 2.32. The zero-order valence-electron chi connectivity index (χ0n) is 10.7. The summed E-state index contributed by atoms with van der Waals surface area (Å²) in [5.41, 5.74) is 1.86. The summed E-state index contributed by atoms with van der Waals surface area (Å²) in [5, 5.41) is 11.9. The van der Waals surface area contributed by atoms with Crippen LogP contribution in [0.2, 0.25) is 0 Å². The number of aliphatic hydroxyl groups excluding tert-OH is 1. The van der Waals surface area contributed by atoms with Crippen LogP contribution >= 0.6 is 0 Å². The van der Waals surface area contributed by atoms with Gasteiger partial charge in [-0.2, -0.15) is 4.31 Å². The van der Waals surface area contributed by atoms with Crippen molar-refractivity contribution in [3.05, 3.63) is 29.3 Å².